The third-order valence-electron chi connectivity index (χ3n) is 9.34. The number of carbonyl (C=O) groups is 1. The van der Waals surface area contributed by atoms with Gasteiger partial charge in [0.1, 0.15) is 5.82 Å². The second-order valence-electron chi connectivity index (χ2n) is 11.6. The summed E-state index contributed by atoms with van der Waals surface area (Å²) in [5.41, 5.74) is 4.72. The summed E-state index contributed by atoms with van der Waals surface area (Å²) >= 11 is 0. The van der Waals surface area contributed by atoms with E-state index in [2.05, 4.69) is 44.0 Å². The van der Waals surface area contributed by atoms with Crippen molar-refractivity contribution in [1.29, 1.82) is 5.26 Å². The Labute approximate surface area is 237 Å². The molecule has 7 rings (SSSR count). The monoisotopic (exact) mass is 539 g/mol. The SMILES string of the molecule is CNC1CCC1.N#Cc1ccc(C(=O)N2CCN(c3ccc4c(c3)nc3n4CCN(C4CCC4)CC3)CC2)cc1. The maximum Gasteiger partial charge on any atom is 0.253 e. The fourth-order valence-electron chi connectivity index (χ4n) is 6.24. The molecule has 3 aromatic rings. The lowest BCUT2D eigenvalue weighted by molar-refractivity contribution is 0.0747. The highest BCUT2D eigenvalue weighted by Crippen LogP contribution is 2.29. The first-order valence-corrected chi connectivity index (χ1v) is 15.1. The Hall–Kier alpha value is -3.41. The standard InChI is InChI=1S/C27H30N6O.C5H11N/c28-19-20-4-6-21(7-5-20)27(34)32-14-12-31(13-15-32)23-8-9-25-24(18-23)29-26-10-11-30(16-17-33(25)26)22-2-1-3-22;1-6-5-3-2-4-5/h4-9,18,22H,1-3,10-17H2;5-6H,2-4H2,1H3. The molecule has 1 N–H and O–H groups in total. The second kappa shape index (κ2) is 12.0. The molecule has 3 heterocycles. The lowest BCUT2D eigenvalue weighted by atomic mass is 9.91. The van der Waals surface area contributed by atoms with Crippen molar-refractivity contribution in [3.8, 4) is 6.07 Å². The van der Waals surface area contributed by atoms with Crippen LogP contribution in [0.2, 0.25) is 0 Å². The van der Waals surface area contributed by atoms with Crippen LogP contribution in [0.1, 0.15) is 60.3 Å². The van der Waals surface area contributed by atoms with Gasteiger partial charge in [-0.05, 0) is 75.2 Å². The summed E-state index contributed by atoms with van der Waals surface area (Å²) in [5.74, 6) is 1.25. The number of fused-ring (bicyclic) bond motifs is 3. The Morgan fingerprint density at radius 1 is 0.925 bits per heavy atom. The smallest absolute Gasteiger partial charge is 0.253 e. The number of nitrogens with one attached hydrogen (secondary N) is 1. The van der Waals surface area contributed by atoms with E-state index in [1.807, 2.05) is 11.9 Å². The molecule has 0 radical (unpaired) electrons. The summed E-state index contributed by atoms with van der Waals surface area (Å²) in [6.07, 6.45) is 9.36. The molecule has 2 aliphatic carbocycles. The number of aromatic nitrogens is 2. The van der Waals surface area contributed by atoms with E-state index >= 15 is 0 Å². The van der Waals surface area contributed by atoms with Crippen LogP contribution >= 0.6 is 0 Å². The summed E-state index contributed by atoms with van der Waals surface area (Å²) < 4.78 is 2.42. The fourth-order valence-corrected chi connectivity index (χ4v) is 6.24. The molecule has 3 fully saturated rings. The Balaban J connectivity index is 0.000000429. The number of imidazole rings is 1. The zero-order valence-electron chi connectivity index (χ0n) is 23.7. The van der Waals surface area contributed by atoms with Crippen molar-refractivity contribution in [2.75, 3.05) is 51.2 Å². The first kappa shape index (κ1) is 26.8. The highest BCUT2D eigenvalue weighted by atomic mass is 16.2. The summed E-state index contributed by atoms with van der Waals surface area (Å²) in [4.78, 5) is 24.8. The van der Waals surface area contributed by atoms with Gasteiger partial charge in [-0.25, -0.2) is 4.98 Å². The van der Waals surface area contributed by atoms with Gasteiger partial charge in [-0.2, -0.15) is 5.26 Å². The molecule has 2 saturated carbocycles. The third-order valence-corrected chi connectivity index (χ3v) is 9.34. The Morgan fingerprint density at radius 2 is 1.68 bits per heavy atom. The number of amides is 1. The van der Waals surface area contributed by atoms with Crippen molar-refractivity contribution >= 4 is 22.6 Å². The van der Waals surface area contributed by atoms with E-state index in [1.165, 1.54) is 55.6 Å². The molecule has 8 nitrogen and oxygen atoms in total. The van der Waals surface area contributed by atoms with Crippen LogP contribution in [0.15, 0.2) is 42.5 Å². The van der Waals surface area contributed by atoms with Crippen LogP contribution < -0.4 is 10.2 Å². The molecule has 40 heavy (non-hydrogen) atoms. The zero-order chi connectivity index (χ0) is 27.5. The van der Waals surface area contributed by atoms with Crippen LogP contribution in [0.25, 0.3) is 11.0 Å². The first-order chi connectivity index (χ1) is 19.6. The number of benzene rings is 2. The number of hydrogen-bond acceptors (Lipinski definition) is 6. The van der Waals surface area contributed by atoms with Crippen molar-refractivity contribution in [2.24, 2.45) is 0 Å². The largest absolute Gasteiger partial charge is 0.368 e. The molecule has 8 heteroatoms. The maximum absolute atomic E-state index is 12.9. The minimum Gasteiger partial charge on any atom is -0.368 e. The van der Waals surface area contributed by atoms with Crippen molar-refractivity contribution < 1.29 is 4.79 Å². The Kier molecular flexibility index (Phi) is 8.03. The molecule has 0 bridgehead atoms. The second-order valence-corrected chi connectivity index (χ2v) is 11.6. The summed E-state index contributed by atoms with van der Waals surface area (Å²) in [6, 6.07) is 17.3. The predicted octanol–water partition coefficient (Wildman–Crippen LogP) is 4.04. The van der Waals surface area contributed by atoms with Crippen molar-refractivity contribution in [3.05, 3.63) is 59.4 Å². The van der Waals surface area contributed by atoms with Crippen molar-refractivity contribution in [3.63, 3.8) is 0 Å². The lowest BCUT2D eigenvalue weighted by Crippen LogP contribution is -2.48. The number of hydrogen-bond donors (Lipinski definition) is 1. The molecule has 0 unspecified atom stereocenters. The van der Waals surface area contributed by atoms with Gasteiger partial charge >= 0.3 is 0 Å². The van der Waals surface area contributed by atoms with E-state index in [4.69, 9.17) is 10.2 Å². The van der Waals surface area contributed by atoms with Crippen LogP contribution in [-0.4, -0.2) is 83.7 Å². The van der Waals surface area contributed by atoms with Gasteiger partial charge in [0.05, 0.1) is 22.7 Å². The third kappa shape index (κ3) is 5.59. The maximum atomic E-state index is 12.9. The van der Waals surface area contributed by atoms with Gasteiger partial charge in [-0.15, -0.1) is 0 Å². The number of nitriles is 1. The van der Waals surface area contributed by atoms with Crippen LogP contribution in [0.5, 0.6) is 0 Å². The van der Waals surface area contributed by atoms with Crippen LogP contribution in [-0.2, 0) is 13.0 Å². The molecule has 1 saturated heterocycles. The minimum atomic E-state index is 0.0355. The van der Waals surface area contributed by atoms with Crippen molar-refractivity contribution in [2.45, 2.75) is 63.6 Å². The van der Waals surface area contributed by atoms with Crippen LogP contribution in [0, 0.1) is 11.3 Å². The first-order valence-electron chi connectivity index (χ1n) is 15.1. The molecule has 4 aliphatic rings. The van der Waals surface area contributed by atoms with E-state index in [-0.39, 0.29) is 5.91 Å². The van der Waals surface area contributed by atoms with E-state index < -0.39 is 0 Å². The van der Waals surface area contributed by atoms with Gasteiger partial charge < -0.3 is 19.7 Å². The van der Waals surface area contributed by atoms with Gasteiger partial charge in [-0.1, -0.05) is 12.8 Å². The molecule has 2 aromatic carbocycles. The van der Waals surface area contributed by atoms with E-state index in [9.17, 15) is 4.79 Å². The zero-order valence-corrected chi connectivity index (χ0v) is 23.7. The summed E-state index contributed by atoms with van der Waals surface area (Å²) in [7, 11) is 2.03. The quantitative estimate of drug-likeness (QED) is 0.539. The van der Waals surface area contributed by atoms with E-state index in [0.29, 0.717) is 24.2 Å². The van der Waals surface area contributed by atoms with E-state index in [0.717, 1.165) is 56.7 Å². The molecular weight excluding hydrogens is 498 g/mol. The average Bonchev–Trinajstić information content (AvgIpc) is 3.17. The number of nitrogens with zero attached hydrogens (tertiary/aromatic N) is 6. The van der Waals surface area contributed by atoms with Gasteiger partial charge in [0.2, 0.25) is 0 Å². The molecule has 2 aliphatic heterocycles. The molecule has 0 atom stereocenters. The Bertz CT molecular complexity index is 1360. The summed E-state index contributed by atoms with van der Waals surface area (Å²) in [5, 5.41) is 12.2. The number of piperazine rings is 1. The van der Waals surface area contributed by atoms with E-state index in [1.54, 1.807) is 24.3 Å². The van der Waals surface area contributed by atoms with Crippen LogP contribution in [0.4, 0.5) is 5.69 Å². The molecule has 0 spiro atoms. The fraction of sp³-hybridized carbons (Fsp3) is 0.531. The predicted molar refractivity (Wildman–Crippen MR) is 159 cm³/mol. The molecular formula is C32H41N7O. The number of anilines is 1. The van der Waals surface area contributed by atoms with Gasteiger partial charge in [-0.3, -0.25) is 9.69 Å². The lowest BCUT2D eigenvalue weighted by Gasteiger charge is -2.36. The van der Waals surface area contributed by atoms with Gasteiger partial charge in [0.15, 0.2) is 0 Å². The number of rotatable bonds is 4. The van der Waals surface area contributed by atoms with Gasteiger partial charge in [0, 0.05) is 75.6 Å². The normalized spacial score (nSPS) is 20.0. The minimum absolute atomic E-state index is 0.0355. The summed E-state index contributed by atoms with van der Waals surface area (Å²) in [6.45, 7) is 6.25. The number of carbonyl (C=O) groups excluding carboxylic acids is 1. The molecule has 210 valence electrons. The van der Waals surface area contributed by atoms with Crippen molar-refractivity contribution in [1.82, 2.24) is 24.7 Å². The molecule has 1 amide bonds. The van der Waals surface area contributed by atoms with Gasteiger partial charge in [0.25, 0.3) is 5.91 Å². The highest BCUT2D eigenvalue weighted by molar-refractivity contribution is 5.94. The van der Waals surface area contributed by atoms with Crippen LogP contribution in [0.3, 0.4) is 0 Å². The molecule has 1 aromatic heterocycles. The Morgan fingerprint density at radius 3 is 2.27 bits per heavy atom. The average molecular weight is 540 g/mol. The highest BCUT2D eigenvalue weighted by Gasteiger charge is 2.28. The topological polar surface area (TPSA) is 80.4 Å².